The van der Waals surface area contributed by atoms with Gasteiger partial charge in [0.05, 0.1) is 0 Å². The highest BCUT2D eigenvalue weighted by Gasteiger charge is 2.14. The van der Waals surface area contributed by atoms with Crippen LogP contribution in [0.3, 0.4) is 0 Å². The molecule has 19 heavy (non-hydrogen) atoms. The Morgan fingerprint density at radius 3 is 2.47 bits per heavy atom. The molecule has 1 atom stereocenters. The molecule has 5 heteroatoms. The number of hydrogen-bond donors (Lipinski definition) is 1. The monoisotopic (exact) mass is 277 g/mol. The van der Waals surface area contributed by atoms with Gasteiger partial charge in [0.2, 0.25) is 0 Å². The Hall–Kier alpha value is -1.46. The Balaban J connectivity index is 2.23. The number of benzene rings is 1. The summed E-state index contributed by atoms with van der Waals surface area (Å²) in [6, 6.07) is 8.42. The van der Waals surface area contributed by atoms with Gasteiger partial charge in [0.15, 0.2) is 5.16 Å². The molecule has 0 saturated heterocycles. The van der Waals surface area contributed by atoms with Crippen LogP contribution in [0, 0.1) is 19.7 Å². The van der Waals surface area contributed by atoms with Crippen molar-refractivity contribution in [3.63, 3.8) is 0 Å². The van der Waals surface area contributed by atoms with E-state index in [4.69, 9.17) is 5.73 Å². The molecular weight excluding hydrogens is 261 g/mol. The molecule has 1 unspecified atom stereocenters. The Morgan fingerprint density at radius 1 is 1.21 bits per heavy atom. The summed E-state index contributed by atoms with van der Waals surface area (Å²) in [6.45, 7) is 4.27. The number of hydrogen-bond acceptors (Lipinski definition) is 4. The minimum atomic E-state index is -0.252. The molecule has 2 aromatic rings. The van der Waals surface area contributed by atoms with Gasteiger partial charge in [-0.2, -0.15) is 0 Å². The van der Waals surface area contributed by atoms with Gasteiger partial charge in [0.25, 0.3) is 0 Å². The Bertz CT molecular complexity index is 554. The maximum absolute atomic E-state index is 13.2. The second kappa shape index (κ2) is 6.12. The van der Waals surface area contributed by atoms with E-state index in [1.54, 1.807) is 6.07 Å². The van der Waals surface area contributed by atoms with Crippen molar-refractivity contribution in [1.29, 1.82) is 0 Å². The molecule has 0 spiro atoms. The van der Waals surface area contributed by atoms with Crippen molar-refractivity contribution in [2.24, 2.45) is 5.73 Å². The van der Waals surface area contributed by atoms with Gasteiger partial charge in [0, 0.05) is 23.2 Å². The molecule has 3 nitrogen and oxygen atoms in total. The third-order valence-corrected chi connectivity index (χ3v) is 3.79. The van der Waals surface area contributed by atoms with Crippen LogP contribution in [0.5, 0.6) is 0 Å². The second-order valence-electron chi connectivity index (χ2n) is 4.33. The maximum Gasteiger partial charge on any atom is 0.188 e. The molecule has 2 N–H and O–H groups in total. The lowest BCUT2D eigenvalue weighted by molar-refractivity contribution is 0.625. The fourth-order valence-electron chi connectivity index (χ4n) is 1.83. The molecule has 0 aliphatic carbocycles. The first-order valence-corrected chi connectivity index (χ1v) is 6.91. The molecular formula is C14H16FN3S. The molecule has 1 aromatic carbocycles. The van der Waals surface area contributed by atoms with Gasteiger partial charge < -0.3 is 5.73 Å². The third-order valence-electron chi connectivity index (χ3n) is 2.64. The first-order valence-electron chi connectivity index (χ1n) is 6.03. The molecule has 0 aliphatic rings. The van der Waals surface area contributed by atoms with Crippen LogP contribution in [0.4, 0.5) is 4.39 Å². The average molecular weight is 277 g/mol. The molecule has 0 radical (unpaired) electrons. The van der Waals surface area contributed by atoms with Gasteiger partial charge in [-0.15, -0.1) is 0 Å². The van der Waals surface area contributed by atoms with Crippen LogP contribution in [0.15, 0.2) is 35.5 Å². The maximum atomic E-state index is 13.2. The summed E-state index contributed by atoms with van der Waals surface area (Å²) in [5.41, 5.74) is 8.48. The molecule has 0 amide bonds. The normalized spacial score (nSPS) is 12.4. The van der Waals surface area contributed by atoms with E-state index in [1.165, 1.54) is 23.9 Å². The lowest BCUT2D eigenvalue weighted by Crippen LogP contribution is -2.10. The van der Waals surface area contributed by atoms with Gasteiger partial charge >= 0.3 is 0 Å². The minimum Gasteiger partial charge on any atom is -0.329 e. The van der Waals surface area contributed by atoms with Gasteiger partial charge in [-0.25, -0.2) is 14.4 Å². The topological polar surface area (TPSA) is 51.8 Å². The van der Waals surface area contributed by atoms with Crippen molar-refractivity contribution in [1.82, 2.24) is 9.97 Å². The lowest BCUT2D eigenvalue weighted by Gasteiger charge is -2.14. The highest BCUT2D eigenvalue weighted by Crippen LogP contribution is 2.32. The predicted molar refractivity (Wildman–Crippen MR) is 75.6 cm³/mol. The van der Waals surface area contributed by atoms with Crippen LogP contribution >= 0.6 is 11.8 Å². The first kappa shape index (κ1) is 14.0. The van der Waals surface area contributed by atoms with Crippen molar-refractivity contribution in [2.75, 3.05) is 6.54 Å². The largest absolute Gasteiger partial charge is 0.329 e. The molecule has 0 aliphatic heterocycles. The van der Waals surface area contributed by atoms with Gasteiger partial charge in [-0.1, -0.05) is 23.9 Å². The van der Waals surface area contributed by atoms with E-state index < -0.39 is 0 Å². The quantitative estimate of drug-likeness (QED) is 0.689. The zero-order chi connectivity index (χ0) is 13.8. The number of aromatic nitrogens is 2. The van der Waals surface area contributed by atoms with E-state index in [0.29, 0.717) is 11.7 Å². The third kappa shape index (κ3) is 3.75. The molecule has 0 fully saturated rings. The summed E-state index contributed by atoms with van der Waals surface area (Å²) in [6.07, 6.45) is 0. The highest BCUT2D eigenvalue weighted by molar-refractivity contribution is 7.99. The molecule has 0 bridgehead atoms. The van der Waals surface area contributed by atoms with E-state index in [2.05, 4.69) is 9.97 Å². The van der Waals surface area contributed by atoms with E-state index in [-0.39, 0.29) is 11.1 Å². The molecule has 2 rings (SSSR count). The Kier molecular flexibility index (Phi) is 4.50. The van der Waals surface area contributed by atoms with Crippen LogP contribution in [-0.2, 0) is 0 Å². The predicted octanol–water partition coefficient (Wildman–Crippen LogP) is 3.02. The van der Waals surface area contributed by atoms with Gasteiger partial charge in [-0.3, -0.25) is 0 Å². The molecule has 100 valence electrons. The summed E-state index contributed by atoms with van der Waals surface area (Å²) < 4.78 is 13.2. The molecule has 1 aromatic heterocycles. The zero-order valence-corrected chi connectivity index (χ0v) is 11.7. The van der Waals surface area contributed by atoms with Crippen LogP contribution in [0.25, 0.3) is 0 Å². The van der Waals surface area contributed by atoms with E-state index >= 15 is 0 Å². The van der Waals surface area contributed by atoms with Crippen molar-refractivity contribution in [2.45, 2.75) is 24.3 Å². The second-order valence-corrected chi connectivity index (χ2v) is 5.50. The summed E-state index contributed by atoms with van der Waals surface area (Å²) in [5.74, 6) is -0.252. The van der Waals surface area contributed by atoms with Crippen molar-refractivity contribution >= 4 is 11.8 Å². The Labute approximate surface area is 116 Å². The van der Waals surface area contributed by atoms with Crippen LogP contribution in [0.2, 0.25) is 0 Å². The highest BCUT2D eigenvalue weighted by atomic mass is 32.2. The summed E-state index contributed by atoms with van der Waals surface area (Å²) in [7, 11) is 0. The smallest absolute Gasteiger partial charge is 0.188 e. The number of thioether (sulfide) groups is 1. The Morgan fingerprint density at radius 2 is 1.89 bits per heavy atom. The van der Waals surface area contributed by atoms with Gasteiger partial charge in [-0.05, 0) is 37.6 Å². The van der Waals surface area contributed by atoms with Crippen LogP contribution in [-0.4, -0.2) is 16.5 Å². The zero-order valence-electron chi connectivity index (χ0n) is 10.9. The van der Waals surface area contributed by atoms with Crippen LogP contribution < -0.4 is 5.73 Å². The van der Waals surface area contributed by atoms with Crippen molar-refractivity contribution in [3.8, 4) is 0 Å². The number of nitrogens with zero attached hydrogens (tertiary/aromatic N) is 2. The molecule has 1 heterocycles. The number of nitrogens with two attached hydrogens (primary N) is 1. The van der Waals surface area contributed by atoms with Gasteiger partial charge in [0.1, 0.15) is 5.82 Å². The summed E-state index contributed by atoms with van der Waals surface area (Å²) in [5, 5.41) is 0.633. The number of rotatable bonds is 4. The SMILES string of the molecule is Cc1cc(C)nc(SC(CN)c2cccc(F)c2)n1. The number of aryl methyl sites for hydroxylation is 2. The standard InChI is InChI=1S/C14H16FN3S/c1-9-6-10(2)18-14(17-9)19-13(8-16)11-4-3-5-12(15)7-11/h3-7,13H,8,16H2,1-2H3. The van der Waals surface area contributed by atoms with E-state index in [0.717, 1.165) is 17.0 Å². The average Bonchev–Trinajstić information content (AvgIpc) is 2.34. The van der Waals surface area contributed by atoms with E-state index in [9.17, 15) is 4.39 Å². The summed E-state index contributed by atoms with van der Waals surface area (Å²) >= 11 is 1.46. The fourth-order valence-corrected chi connectivity index (χ4v) is 2.86. The van der Waals surface area contributed by atoms with Crippen LogP contribution in [0.1, 0.15) is 22.2 Å². The van der Waals surface area contributed by atoms with Crippen molar-refractivity contribution < 1.29 is 4.39 Å². The molecule has 0 saturated carbocycles. The fraction of sp³-hybridized carbons (Fsp3) is 0.286. The van der Waals surface area contributed by atoms with Crippen molar-refractivity contribution in [3.05, 3.63) is 53.1 Å². The lowest BCUT2D eigenvalue weighted by atomic mass is 10.1. The summed E-state index contributed by atoms with van der Waals surface area (Å²) in [4.78, 5) is 8.74. The minimum absolute atomic E-state index is 0.0445. The van der Waals surface area contributed by atoms with E-state index in [1.807, 2.05) is 26.0 Å². The first-order chi connectivity index (χ1) is 9.08. The number of halogens is 1.